The van der Waals surface area contributed by atoms with Crippen molar-refractivity contribution in [3.63, 3.8) is 0 Å². The van der Waals surface area contributed by atoms with Crippen LogP contribution in [-0.4, -0.2) is 58.0 Å². The lowest BCUT2D eigenvalue weighted by Gasteiger charge is -2.13. The number of methoxy groups -OCH3 is 1. The van der Waals surface area contributed by atoms with Crippen LogP contribution in [0.5, 0.6) is 5.75 Å². The van der Waals surface area contributed by atoms with E-state index in [4.69, 9.17) is 24.7 Å². The summed E-state index contributed by atoms with van der Waals surface area (Å²) in [4.78, 5) is 0. The third kappa shape index (κ3) is 9.25. The molecule has 21 heavy (non-hydrogen) atoms. The van der Waals surface area contributed by atoms with Crippen molar-refractivity contribution in [2.75, 3.05) is 52.5 Å². The quantitative estimate of drug-likeness (QED) is 0.444. The Hall–Kier alpha value is -1.34. The molecule has 0 fully saturated rings. The number of benzene rings is 1. The van der Waals surface area contributed by atoms with Crippen LogP contribution in [0.3, 0.4) is 0 Å². The first-order valence-corrected chi connectivity index (χ1v) is 7.03. The third-order valence-electron chi connectivity index (χ3n) is 2.62. The lowest BCUT2D eigenvalue weighted by atomic mass is 10.3. The zero-order chi connectivity index (χ0) is 15.3. The van der Waals surface area contributed by atoms with Crippen LogP contribution in [0, 0.1) is 0 Å². The Labute approximate surface area is 125 Å². The van der Waals surface area contributed by atoms with E-state index < -0.39 is 6.10 Å². The molecule has 6 nitrogen and oxygen atoms in total. The van der Waals surface area contributed by atoms with Gasteiger partial charge in [0.1, 0.15) is 18.5 Å². The normalized spacial score (nSPS) is 12.3. The number of nitrogens with two attached hydrogens (primary N) is 1. The molecule has 0 saturated carbocycles. The Morgan fingerprint density at radius 2 is 1.90 bits per heavy atom. The summed E-state index contributed by atoms with van der Waals surface area (Å²) in [5.41, 5.74) is 6.26. The minimum absolute atomic E-state index is 0.165. The Bertz CT molecular complexity index is 375. The minimum atomic E-state index is -0.681. The fourth-order valence-electron chi connectivity index (χ4n) is 1.59. The number of hydrogen-bond donors (Lipinski definition) is 2. The Kier molecular flexibility index (Phi) is 9.56. The molecule has 0 amide bonds. The van der Waals surface area contributed by atoms with Crippen LogP contribution in [0.25, 0.3) is 0 Å². The van der Waals surface area contributed by atoms with Crippen LogP contribution in [0.15, 0.2) is 24.3 Å². The van der Waals surface area contributed by atoms with Gasteiger partial charge in [0.15, 0.2) is 0 Å². The number of rotatable bonds is 12. The predicted octanol–water partition coefficient (Wildman–Crippen LogP) is 1.08. The summed E-state index contributed by atoms with van der Waals surface area (Å²) in [5, 5.41) is 9.71. The first-order chi connectivity index (χ1) is 10.2. The van der Waals surface area contributed by atoms with E-state index in [-0.39, 0.29) is 13.2 Å². The fourth-order valence-corrected chi connectivity index (χ4v) is 1.59. The first kappa shape index (κ1) is 17.7. The molecule has 0 radical (unpaired) electrons. The Balaban J connectivity index is 1.97. The Morgan fingerprint density at radius 1 is 1.10 bits per heavy atom. The average molecular weight is 299 g/mol. The number of ether oxygens (including phenoxy) is 4. The number of anilines is 1. The zero-order valence-electron chi connectivity index (χ0n) is 12.5. The molecule has 0 bridgehead atoms. The van der Waals surface area contributed by atoms with Gasteiger partial charge in [-0.25, -0.2) is 0 Å². The van der Waals surface area contributed by atoms with Crippen LogP contribution < -0.4 is 10.5 Å². The van der Waals surface area contributed by atoms with Gasteiger partial charge < -0.3 is 29.8 Å². The van der Waals surface area contributed by atoms with Crippen molar-refractivity contribution in [2.45, 2.75) is 12.5 Å². The maximum atomic E-state index is 9.71. The highest BCUT2D eigenvalue weighted by atomic mass is 16.5. The highest BCUT2D eigenvalue weighted by molar-refractivity contribution is 5.43. The molecule has 1 aromatic carbocycles. The van der Waals surface area contributed by atoms with Gasteiger partial charge in [-0.3, -0.25) is 0 Å². The minimum Gasteiger partial charge on any atom is -0.491 e. The van der Waals surface area contributed by atoms with Crippen LogP contribution in [0.4, 0.5) is 5.69 Å². The van der Waals surface area contributed by atoms with Crippen molar-refractivity contribution in [3.8, 4) is 5.75 Å². The molecule has 1 rings (SSSR count). The molecule has 0 aliphatic carbocycles. The van der Waals surface area contributed by atoms with E-state index in [2.05, 4.69) is 0 Å². The van der Waals surface area contributed by atoms with E-state index in [0.717, 1.165) is 6.42 Å². The molecule has 120 valence electrons. The van der Waals surface area contributed by atoms with Gasteiger partial charge in [-0.1, -0.05) is 6.07 Å². The number of nitrogen functional groups attached to an aromatic ring is 1. The lowest BCUT2D eigenvalue weighted by Crippen LogP contribution is -2.24. The second-order valence-electron chi connectivity index (χ2n) is 4.57. The zero-order valence-corrected chi connectivity index (χ0v) is 12.5. The summed E-state index contributed by atoms with van der Waals surface area (Å²) in [6.45, 7) is 2.68. The molecule has 1 aromatic rings. The van der Waals surface area contributed by atoms with E-state index in [1.807, 2.05) is 0 Å². The van der Waals surface area contributed by atoms with Crippen molar-refractivity contribution in [2.24, 2.45) is 0 Å². The first-order valence-electron chi connectivity index (χ1n) is 7.03. The van der Waals surface area contributed by atoms with Crippen molar-refractivity contribution < 1.29 is 24.1 Å². The smallest absolute Gasteiger partial charge is 0.121 e. The van der Waals surface area contributed by atoms with E-state index in [1.165, 1.54) is 0 Å². The van der Waals surface area contributed by atoms with Crippen LogP contribution in [-0.2, 0) is 14.2 Å². The highest BCUT2D eigenvalue weighted by Crippen LogP contribution is 2.14. The molecule has 0 aromatic heterocycles. The second-order valence-corrected chi connectivity index (χ2v) is 4.57. The van der Waals surface area contributed by atoms with Crippen molar-refractivity contribution in [3.05, 3.63) is 24.3 Å². The van der Waals surface area contributed by atoms with E-state index >= 15 is 0 Å². The van der Waals surface area contributed by atoms with Crippen LogP contribution in [0.1, 0.15) is 6.42 Å². The Morgan fingerprint density at radius 3 is 2.67 bits per heavy atom. The summed E-state index contributed by atoms with van der Waals surface area (Å²) >= 11 is 0. The molecule has 3 N–H and O–H groups in total. The fraction of sp³-hybridized carbons (Fsp3) is 0.600. The van der Waals surface area contributed by atoms with Gasteiger partial charge in [0.2, 0.25) is 0 Å². The molecular formula is C15H25NO5. The van der Waals surface area contributed by atoms with Gasteiger partial charge in [-0.15, -0.1) is 0 Å². The summed E-state index contributed by atoms with van der Waals surface area (Å²) in [6, 6.07) is 7.08. The molecule has 6 heteroatoms. The molecule has 0 spiro atoms. The summed E-state index contributed by atoms with van der Waals surface area (Å²) in [5.74, 6) is 0.635. The van der Waals surface area contributed by atoms with Gasteiger partial charge in [0, 0.05) is 32.1 Å². The molecule has 0 saturated heterocycles. The molecule has 1 unspecified atom stereocenters. The van der Waals surface area contributed by atoms with Crippen molar-refractivity contribution in [1.82, 2.24) is 0 Å². The van der Waals surface area contributed by atoms with E-state index in [1.54, 1.807) is 31.4 Å². The van der Waals surface area contributed by atoms with Gasteiger partial charge in [-0.05, 0) is 18.6 Å². The van der Waals surface area contributed by atoms with Gasteiger partial charge in [-0.2, -0.15) is 0 Å². The number of hydrogen-bond acceptors (Lipinski definition) is 6. The molecule has 0 aliphatic heterocycles. The molecular weight excluding hydrogens is 274 g/mol. The third-order valence-corrected chi connectivity index (χ3v) is 2.62. The largest absolute Gasteiger partial charge is 0.491 e. The predicted molar refractivity (Wildman–Crippen MR) is 80.5 cm³/mol. The summed E-state index contributed by atoms with van der Waals surface area (Å²) < 4.78 is 21.0. The van der Waals surface area contributed by atoms with Crippen LogP contribution >= 0.6 is 0 Å². The van der Waals surface area contributed by atoms with Crippen molar-refractivity contribution in [1.29, 1.82) is 0 Å². The van der Waals surface area contributed by atoms with Crippen LogP contribution in [0.2, 0.25) is 0 Å². The summed E-state index contributed by atoms with van der Waals surface area (Å²) in [7, 11) is 1.66. The maximum absolute atomic E-state index is 9.71. The van der Waals surface area contributed by atoms with E-state index in [0.29, 0.717) is 37.9 Å². The SMILES string of the molecule is COCCCOCCOCC(O)COc1cccc(N)c1. The molecule has 1 atom stereocenters. The monoisotopic (exact) mass is 299 g/mol. The summed E-state index contributed by atoms with van der Waals surface area (Å²) in [6.07, 6.45) is 0.188. The topological polar surface area (TPSA) is 83.2 Å². The van der Waals surface area contributed by atoms with Gasteiger partial charge in [0.25, 0.3) is 0 Å². The standard InChI is InChI=1S/C15H25NO5/c1-18-6-3-7-19-8-9-20-11-14(17)12-21-15-5-2-4-13(16)10-15/h2,4-5,10,14,17H,3,6-9,11-12,16H2,1H3. The average Bonchev–Trinajstić information content (AvgIpc) is 2.48. The van der Waals surface area contributed by atoms with E-state index in [9.17, 15) is 5.11 Å². The molecule has 0 heterocycles. The number of aliphatic hydroxyl groups excluding tert-OH is 1. The maximum Gasteiger partial charge on any atom is 0.121 e. The van der Waals surface area contributed by atoms with Gasteiger partial charge in [0.05, 0.1) is 19.8 Å². The number of aliphatic hydroxyl groups is 1. The lowest BCUT2D eigenvalue weighted by molar-refractivity contribution is -0.0125. The van der Waals surface area contributed by atoms with Gasteiger partial charge >= 0.3 is 0 Å². The molecule has 0 aliphatic rings. The van der Waals surface area contributed by atoms with Crippen molar-refractivity contribution >= 4 is 5.69 Å². The second kappa shape index (κ2) is 11.3. The highest BCUT2D eigenvalue weighted by Gasteiger charge is 2.05.